The molecule has 4 heteroatoms. The van der Waals surface area contributed by atoms with Crippen LogP contribution in [0.4, 0.5) is 0 Å². The Kier molecular flexibility index (Phi) is 12.7. The smallest absolute Gasteiger partial charge is 0.251 e. The highest BCUT2D eigenvalue weighted by Gasteiger charge is 2.07. The maximum absolute atomic E-state index is 11.7. The number of hydrogen-bond donors (Lipinski definition) is 1. The van der Waals surface area contributed by atoms with E-state index in [0.29, 0.717) is 23.2 Å². The third kappa shape index (κ3) is 9.48. The summed E-state index contributed by atoms with van der Waals surface area (Å²) in [6, 6.07) is 3.30. The monoisotopic (exact) mass is 286 g/mol. The number of carbonyl (C=O) groups excluding carboxylic acids is 1. The van der Waals surface area contributed by atoms with Gasteiger partial charge in [0, 0.05) is 17.8 Å². The molecule has 3 nitrogen and oxygen atoms in total. The maximum Gasteiger partial charge on any atom is 0.251 e. The molecule has 0 atom stereocenters. The van der Waals surface area contributed by atoms with Crippen molar-refractivity contribution in [2.45, 2.75) is 48.5 Å². The summed E-state index contributed by atoms with van der Waals surface area (Å²) in [6.45, 7) is 14.6. The highest BCUT2D eigenvalue weighted by Crippen LogP contribution is 2.10. The summed E-state index contributed by atoms with van der Waals surface area (Å²) in [4.78, 5) is 15.7. The van der Waals surface area contributed by atoms with E-state index in [1.165, 1.54) is 0 Å². The molecule has 0 aliphatic carbocycles. The topological polar surface area (TPSA) is 42.0 Å². The molecule has 1 heterocycles. The van der Waals surface area contributed by atoms with E-state index < -0.39 is 0 Å². The Morgan fingerprint density at radius 3 is 2.21 bits per heavy atom. The number of hydrogen-bond acceptors (Lipinski definition) is 2. The van der Waals surface area contributed by atoms with Crippen molar-refractivity contribution in [3.8, 4) is 0 Å². The van der Waals surface area contributed by atoms with E-state index in [-0.39, 0.29) is 5.91 Å². The lowest BCUT2D eigenvalue weighted by Crippen LogP contribution is -2.27. The molecule has 0 unspecified atom stereocenters. The fourth-order valence-corrected chi connectivity index (χ4v) is 1.41. The van der Waals surface area contributed by atoms with Crippen molar-refractivity contribution in [1.82, 2.24) is 10.3 Å². The van der Waals surface area contributed by atoms with Crippen LogP contribution in [0.3, 0.4) is 0 Å². The van der Waals surface area contributed by atoms with Crippen molar-refractivity contribution in [3.05, 3.63) is 28.5 Å². The Labute approximate surface area is 122 Å². The average molecular weight is 287 g/mol. The zero-order valence-corrected chi connectivity index (χ0v) is 13.9. The van der Waals surface area contributed by atoms with Gasteiger partial charge in [-0.05, 0) is 25.0 Å². The first-order valence-electron chi connectivity index (χ1n) is 6.91. The summed E-state index contributed by atoms with van der Waals surface area (Å²) < 4.78 is 0. The van der Waals surface area contributed by atoms with Gasteiger partial charge in [0.25, 0.3) is 5.91 Å². The van der Waals surface area contributed by atoms with Gasteiger partial charge in [-0.1, -0.05) is 53.1 Å². The molecular weight excluding hydrogens is 260 g/mol. The molecule has 1 aromatic rings. The molecule has 0 saturated heterocycles. The predicted octanol–water partition coefficient (Wildman–Crippen LogP) is 4.48. The number of rotatable bonds is 3. The second kappa shape index (κ2) is 12.0. The van der Waals surface area contributed by atoms with Crippen LogP contribution in [0.5, 0.6) is 0 Å². The number of aromatic nitrogens is 1. The number of amides is 1. The van der Waals surface area contributed by atoms with E-state index in [1.54, 1.807) is 12.1 Å². The fourth-order valence-electron chi connectivity index (χ4n) is 1.16. The number of halogens is 1. The molecule has 1 rings (SSSR count). The van der Waals surface area contributed by atoms with Gasteiger partial charge in [0.15, 0.2) is 0 Å². The number of aryl methyl sites for hydroxylation is 1. The highest BCUT2D eigenvalue weighted by atomic mass is 35.5. The lowest BCUT2D eigenvalue weighted by atomic mass is 10.2. The molecule has 110 valence electrons. The van der Waals surface area contributed by atoms with Gasteiger partial charge in [0.1, 0.15) is 5.15 Å². The third-order valence-electron chi connectivity index (χ3n) is 1.86. The van der Waals surface area contributed by atoms with Crippen LogP contribution in [0.1, 0.15) is 57.6 Å². The molecule has 19 heavy (non-hydrogen) atoms. The second-order valence-corrected chi connectivity index (χ2v) is 4.31. The minimum Gasteiger partial charge on any atom is -0.352 e. The molecule has 1 N–H and O–H groups in total. The summed E-state index contributed by atoms with van der Waals surface area (Å²) in [6.07, 6.45) is 0. The SMILES string of the molecule is CC.CC.Cc1cc(C(=O)NCC(C)C)cc(Cl)n1. The minimum absolute atomic E-state index is 0.101. The molecule has 0 saturated carbocycles. The van der Waals surface area contributed by atoms with E-state index >= 15 is 0 Å². The van der Waals surface area contributed by atoms with Crippen molar-refractivity contribution in [2.24, 2.45) is 5.92 Å². The predicted molar refractivity (Wildman–Crippen MR) is 83.9 cm³/mol. The van der Waals surface area contributed by atoms with E-state index in [9.17, 15) is 4.79 Å². The summed E-state index contributed by atoms with van der Waals surface area (Å²) in [7, 11) is 0. The zero-order valence-electron chi connectivity index (χ0n) is 13.2. The van der Waals surface area contributed by atoms with E-state index in [2.05, 4.69) is 10.3 Å². The van der Waals surface area contributed by atoms with Crippen LogP contribution in [0.25, 0.3) is 0 Å². The van der Waals surface area contributed by atoms with Crippen LogP contribution in [0, 0.1) is 12.8 Å². The number of nitrogens with one attached hydrogen (secondary N) is 1. The van der Waals surface area contributed by atoms with E-state index in [0.717, 1.165) is 5.69 Å². The van der Waals surface area contributed by atoms with Crippen molar-refractivity contribution in [2.75, 3.05) is 6.54 Å². The number of nitrogens with zero attached hydrogens (tertiary/aromatic N) is 1. The van der Waals surface area contributed by atoms with Crippen molar-refractivity contribution in [1.29, 1.82) is 0 Å². The first-order chi connectivity index (χ1) is 8.99. The largest absolute Gasteiger partial charge is 0.352 e. The Hall–Kier alpha value is -1.09. The van der Waals surface area contributed by atoms with Gasteiger partial charge in [-0.25, -0.2) is 4.98 Å². The van der Waals surface area contributed by atoms with Crippen molar-refractivity contribution < 1.29 is 4.79 Å². The Bertz CT molecular complexity index is 345. The molecule has 0 aromatic carbocycles. The molecule has 1 aromatic heterocycles. The first kappa shape index (κ1) is 20.2. The summed E-state index contributed by atoms with van der Waals surface area (Å²) in [5.74, 6) is 0.337. The van der Waals surface area contributed by atoms with E-state index in [1.807, 2.05) is 48.5 Å². The van der Waals surface area contributed by atoms with Gasteiger partial charge in [0.05, 0.1) is 0 Å². The molecule has 0 aliphatic rings. The van der Waals surface area contributed by atoms with Gasteiger partial charge in [-0.3, -0.25) is 4.79 Å². The molecule has 0 bridgehead atoms. The Morgan fingerprint density at radius 1 is 1.26 bits per heavy atom. The summed E-state index contributed by atoms with van der Waals surface area (Å²) in [5, 5.41) is 3.18. The van der Waals surface area contributed by atoms with Crippen LogP contribution in [-0.2, 0) is 0 Å². The number of pyridine rings is 1. The third-order valence-corrected chi connectivity index (χ3v) is 2.05. The summed E-state index contributed by atoms with van der Waals surface area (Å²) in [5.41, 5.74) is 1.31. The standard InChI is InChI=1S/C11H15ClN2O.2C2H6/c1-7(2)6-13-11(15)9-4-8(3)14-10(12)5-9;2*1-2/h4-5,7H,6H2,1-3H3,(H,13,15);2*1-2H3. The molecule has 0 fully saturated rings. The van der Waals surface area contributed by atoms with Crippen LogP contribution in [0.2, 0.25) is 5.15 Å². The Morgan fingerprint density at radius 2 is 1.79 bits per heavy atom. The quantitative estimate of drug-likeness (QED) is 0.832. The molecule has 1 amide bonds. The molecular formula is C15H27ClN2O. The average Bonchev–Trinajstić information content (AvgIpc) is 2.39. The van der Waals surface area contributed by atoms with Gasteiger partial charge < -0.3 is 5.32 Å². The number of carbonyl (C=O) groups is 1. The van der Waals surface area contributed by atoms with E-state index in [4.69, 9.17) is 11.6 Å². The normalized spacial score (nSPS) is 8.89. The van der Waals surface area contributed by atoms with Gasteiger partial charge in [0.2, 0.25) is 0 Å². The molecule has 0 aliphatic heterocycles. The maximum atomic E-state index is 11.7. The van der Waals surface area contributed by atoms with Crippen LogP contribution in [0.15, 0.2) is 12.1 Å². The zero-order chi connectivity index (χ0) is 15.4. The van der Waals surface area contributed by atoms with Crippen LogP contribution >= 0.6 is 11.6 Å². The summed E-state index contributed by atoms with van der Waals surface area (Å²) >= 11 is 5.77. The Balaban J connectivity index is 0. The minimum atomic E-state index is -0.101. The van der Waals surface area contributed by atoms with Crippen LogP contribution < -0.4 is 5.32 Å². The van der Waals surface area contributed by atoms with Gasteiger partial charge >= 0.3 is 0 Å². The van der Waals surface area contributed by atoms with Crippen molar-refractivity contribution in [3.63, 3.8) is 0 Å². The highest BCUT2D eigenvalue weighted by molar-refractivity contribution is 6.29. The van der Waals surface area contributed by atoms with Gasteiger partial charge in [-0.15, -0.1) is 0 Å². The van der Waals surface area contributed by atoms with Crippen LogP contribution in [-0.4, -0.2) is 17.4 Å². The molecule has 0 radical (unpaired) electrons. The van der Waals surface area contributed by atoms with Gasteiger partial charge in [-0.2, -0.15) is 0 Å². The second-order valence-electron chi connectivity index (χ2n) is 3.92. The fraction of sp³-hybridized carbons (Fsp3) is 0.600. The first-order valence-corrected chi connectivity index (χ1v) is 7.29. The molecule has 0 spiro atoms. The lowest BCUT2D eigenvalue weighted by molar-refractivity contribution is 0.0949. The van der Waals surface area contributed by atoms with Crippen molar-refractivity contribution >= 4 is 17.5 Å². The lowest BCUT2D eigenvalue weighted by Gasteiger charge is -2.08.